The molecule has 0 unspecified atom stereocenters. The predicted octanol–water partition coefficient (Wildman–Crippen LogP) is 3.36. The maximum absolute atomic E-state index is 13.6. The van der Waals surface area contributed by atoms with Crippen molar-refractivity contribution in [3.05, 3.63) is 85.8 Å². The number of hydrogen-bond donors (Lipinski definition) is 1. The standard InChI is InChI=1S/C22H19ClFN3O3/c23-18-4-2-1-3-14(18)5-8-20(28)26-11-9-16(10-12-26)27-21(29)17-13-15(24)6-7-19(17)25-22(27)30/h1-8,13,16H,9-12H2,(H,25,30)/b8-5+. The Bertz CT molecular complexity index is 1260. The molecule has 4 rings (SSSR count). The Kier molecular flexibility index (Phi) is 5.55. The van der Waals surface area contributed by atoms with E-state index in [0.717, 1.165) is 16.2 Å². The molecule has 3 aromatic rings. The lowest BCUT2D eigenvalue weighted by atomic mass is 10.0. The second-order valence-electron chi connectivity index (χ2n) is 7.21. The maximum Gasteiger partial charge on any atom is 0.329 e. The Morgan fingerprint density at radius 1 is 1.13 bits per heavy atom. The summed E-state index contributed by atoms with van der Waals surface area (Å²) >= 11 is 6.10. The average Bonchev–Trinajstić information content (AvgIpc) is 2.74. The molecule has 2 aromatic carbocycles. The van der Waals surface area contributed by atoms with E-state index in [0.29, 0.717) is 36.5 Å². The summed E-state index contributed by atoms with van der Waals surface area (Å²) in [6, 6.07) is 10.6. The van der Waals surface area contributed by atoms with Crippen LogP contribution in [0.5, 0.6) is 0 Å². The van der Waals surface area contributed by atoms with Crippen LogP contribution in [0.1, 0.15) is 24.4 Å². The molecule has 1 aromatic heterocycles. The van der Waals surface area contributed by atoms with Gasteiger partial charge in [-0.05, 0) is 48.7 Å². The highest BCUT2D eigenvalue weighted by Gasteiger charge is 2.25. The highest BCUT2D eigenvalue weighted by Crippen LogP contribution is 2.22. The Labute approximate surface area is 176 Å². The molecule has 6 nitrogen and oxygen atoms in total. The molecule has 8 heteroatoms. The molecule has 1 aliphatic rings. The van der Waals surface area contributed by atoms with Gasteiger partial charge >= 0.3 is 5.69 Å². The number of nitrogens with one attached hydrogen (secondary N) is 1. The molecule has 30 heavy (non-hydrogen) atoms. The summed E-state index contributed by atoms with van der Waals surface area (Å²) in [5.41, 5.74) is 0.0167. The van der Waals surface area contributed by atoms with Gasteiger partial charge in [0, 0.05) is 30.2 Å². The molecule has 0 spiro atoms. The van der Waals surface area contributed by atoms with Crippen molar-refractivity contribution >= 4 is 34.5 Å². The number of carbonyl (C=O) groups excluding carboxylic acids is 1. The molecule has 0 aliphatic carbocycles. The number of carbonyl (C=O) groups is 1. The molecule has 2 heterocycles. The first-order valence-corrected chi connectivity index (χ1v) is 9.97. The maximum atomic E-state index is 13.6. The lowest BCUT2D eigenvalue weighted by molar-refractivity contribution is -0.127. The fourth-order valence-corrected chi connectivity index (χ4v) is 3.95. The van der Waals surface area contributed by atoms with Gasteiger partial charge in [0.2, 0.25) is 5.91 Å². The van der Waals surface area contributed by atoms with Crippen LogP contribution < -0.4 is 11.2 Å². The van der Waals surface area contributed by atoms with E-state index < -0.39 is 17.1 Å². The largest absolute Gasteiger partial charge is 0.339 e. The number of amides is 1. The molecule has 1 fully saturated rings. The minimum absolute atomic E-state index is 0.135. The average molecular weight is 428 g/mol. The third-order valence-corrected chi connectivity index (χ3v) is 5.69. The van der Waals surface area contributed by atoms with Crippen LogP contribution in [-0.4, -0.2) is 33.4 Å². The van der Waals surface area contributed by atoms with Crippen molar-refractivity contribution in [3.63, 3.8) is 0 Å². The van der Waals surface area contributed by atoms with E-state index in [1.165, 1.54) is 18.2 Å². The van der Waals surface area contributed by atoms with Crippen LogP contribution in [0.2, 0.25) is 5.02 Å². The Balaban J connectivity index is 1.50. The van der Waals surface area contributed by atoms with Crippen LogP contribution in [0, 0.1) is 5.82 Å². The van der Waals surface area contributed by atoms with Crippen molar-refractivity contribution in [2.24, 2.45) is 0 Å². The lowest BCUT2D eigenvalue weighted by Gasteiger charge is -2.31. The Hall–Kier alpha value is -3.19. The molecule has 0 radical (unpaired) electrons. The molecule has 1 N–H and O–H groups in total. The summed E-state index contributed by atoms with van der Waals surface area (Å²) in [6.07, 6.45) is 4.05. The Morgan fingerprint density at radius 2 is 1.87 bits per heavy atom. The summed E-state index contributed by atoms with van der Waals surface area (Å²) in [5, 5.41) is 0.697. The second kappa shape index (κ2) is 8.28. The van der Waals surface area contributed by atoms with E-state index in [4.69, 9.17) is 11.6 Å². The van der Waals surface area contributed by atoms with Crippen LogP contribution in [-0.2, 0) is 4.79 Å². The van der Waals surface area contributed by atoms with E-state index in [9.17, 15) is 18.8 Å². The van der Waals surface area contributed by atoms with Crippen molar-refractivity contribution < 1.29 is 9.18 Å². The number of halogens is 2. The monoisotopic (exact) mass is 427 g/mol. The smallest absolute Gasteiger partial charge is 0.329 e. The first-order valence-electron chi connectivity index (χ1n) is 9.59. The minimum Gasteiger partial charge on any atom is -0.339 e. The predicted molar refractivity (Wildman–Crippen MR) is 114 cm³/mol. The number of aromatic nitrogens is 2. The van der Waals surface area contributed by atoms with Gasteiger partial charge in [0.15, 0.2) is 0 Å². The van der Waals surface area contributed by atoms with E-state index in [1.807, 2.05) is 18.2 Å². The summed E-state index contributed by atoms with van der Waals surface area (Å²) in [4.78, 5) is 42.0. The first-order chi connectivity index (χ1) is 14.4. The molecule has 1 amide bonds. The zero-order chi connectivity index (χ0) is 21.3. The normalized spacial score (nSPS) is 15.2. The third kappa shape index (κ3) is 3.93. The molecule has 1 aliphatic heterocycles. The van der Waals surface area contributed by atoms with Gasteiger partial charge in [0.05, 0.1) is 10.9 Å². The van der Waals surface area contributed by atoms with Gasteiger partial charge in [0.25, 0.3) is 5.56 Å². The SMILES string of the molecule is O=C(/C=C/c1ccccc1Cl)N1CCC(n2c(=O)[nH]c3ccc(F)cc3c2=O)CC1. The van der Waals surface area contributed by atoms with Gasteiger partial charge in [-0.1, -0.05) is 29.8 Å². The van der Waals surface area contributed by atoms with Crippen molar-refractivity contribution in [1.82, 2.24) is 14.5 Å². The fraction of sp³-hybridized carbons (Fsp3) is 0.227. The minimum atomic E-state index is -0.538. The molecular weight excluding hydrogens is 409 g/mol. The molecule has 0 saturated carbocycles. The Morgan fingerprint density at radius 3 is 2.60 bits per heavy atom. The van der Waals surface area contributed by atoms with Gasteiger partial charge in [-0.15, -0.1) is 0 Å². The highest BCUT2D eigenvalue weighted by molar-refractivity contribution is 6.32. The highest BCUT2D eigenvalue weighted by atomic mass is 35.5. The van der Waals surface area contributed by atoms with Crippen molar-refractivity contribution in [2.45, 2.75) is 18.9 Å². The van der Waals surface area contributed by atoms with Crippen LogP contribution >= 0.6 is 11.6 Å². The second-order valence-corrected chi connectivity index (χ2v) is 7.61. The summed E-state index contributed by atoms with van der Waals surface area (Å²) in [6.45, 7) is 0.812. The van der Waals surface area contributed by atoms with Gasteiger partial charge < -0.3 is 9.88 Å². The lowest BCUT2D eigenvalue weighted by Crippen LogP contribution is -2.44. The van der Waals surface area contributed by atoms with E-state index >= 15 is 0 Å². The van der Waals surface area contributed by atoms with E-state index in [-0.39, 0.29) is 17.3 Å². The van der Waals surface area contributed by atoms with E-state index in [1.54, 1.807) is 17.0 Å². The fourth-order valence-electron chi connectivity index (χ4n) is 3.75. The molecule has 0 atom stereocenters. The number of fused-ring (bicyclic) bond motifs is 1. The van der Waals surface area contributed by atoms with Gasteiger partial charge in [-0.25, -0.2) is 9.18 Å². The molecular formula is C22H19ClFN3O3. The molecule has 0 bridgehead atoms. The van der Waals surface area contributed by atoms with Crippen molar-refractivity contribution in [2.75, 3.05) is 13.1 Å². The van der Waals surface area contributed by atoms with Crippen molar-refractivity contribution in [3.8, 4) is 0 Å². The summed E-state index contributed by atoms with van der Waals surface area (Å²) in [5.74, 6) is -0.695. The van der Waals surface area contributed by atoms with Crippen LogP contribution in [0.25, 0.3) is 17.0 Å². The number of nitrogens with zero attached hydrogens (tertiary/aromatic N) is 2. The van der Waals surface area contributed by atoms with E-state index in [2.05, 4.69) is 4.98 Å². The summed E-state index contributed by atoms with van der Waals surface area (Å²) < 4.78 is 14.7. The van der Waals surface area contributed by atoms with Gasteiger partial charge in [-0.3, -0.25) is 14.2 Å². The van der Waals surface area contributed by atoms with Crippen molar-refractivity contribution in [1.29, 1.82) is 0 Å². The number of benzene rings is 2. The number of rotatable bonds is 3. The summed E-state index contributed by atoms with van der Waals surface area (Å²) in [7, 11) is 0. The number of H-pyrrole nitrogens is 1. The number of piperidine rings is 1. The van der Waals surface area contributed by atoms with Gasteiger partial charge in [-0.2, -0.15) is 0 Å². The molecule has 154 valence electrons. The first kappa shape index (κ1) is 20.1. The zero-order valence-electron chi connectivity index (χ0n) is 16.0. The third-order valence-electron chi connectivity index (χ3n) is 5.34. The van der Waals surface area contributed by atoms with Gasteiger partial charge in [0.1, 0.15) is 5.82 Å². The molecule has 1 saturated heterocycles. The topological polar surface area (TPSA) is 75.2 Å². The van der Waals surface area contributed by atoms with Crippen LogP contribution in [0.15, 0.2) is 58.1 Å². The quantitative estimate of drug-likeness (QED) is 0.651. The number of aromatic amines is 1. The van der Waals surface area contributed by atoms with Crippen LogP contribution in [0.3, 0.4) is 0 Å². The zero-order valence-corrected chi connectivity index (χ0v) is 16.7. The van der Waals surface area contributed by atoms with Crippen LogP contribution in [0.4, 0.5) is 4.39 Å². The number of likely N-dealkylation sites (tertiary alicyclic amines) is 1. The number of hydrogen-bond acceptors (Lipinski definition) is 3.